The van der Waals surface area contributed by atoms with Gasteiger partial charge in [-0.1, -0.05) is 0 Å². The molecule has 1 fully saturated rings. The van der Waals surface area contributed by atoms with Crippen LogP contribution in [0, 0.1) is 0 Å². The molecule has 1 saturated heterocycles. The van der Waals surface area contributed by atoms with E-state index in [1.807, 2.05) is 19.4 Å². The molecule has 1 aromatic heterocycles. The maximum Gasteiger partial charge on any atom is 0.207 e. The molecule has 0 N–H and O–H groups in total. The Hall–Kier alpha value is -0.690. The van der Waals surface area contributed by atoms with Crippen molar-refractivity contribution in [2.75, 3.05) is 25.7 Å². The maximum absolute atomic E-state index is 5.40. The Morgan fingerprint density at radius 3 is 2.88 bits per heavy atom. The monoisotopic (exact) mass is 258 g/mol. The van der Waals surface area contributed by atoms with Crippen LogP contribution in [0.5, 0.6) is 0 Å². The van der Waals surface area contributed by atoms with Crippen LogP contribution in [0.15, 0.2) is 5.38 Å². The van der Waals surface area contributed by atoms with Crippen LogP contribution in [-0.4, -0.2) is 38.1 Å². The Morgan fingerprint density at radius 1 is 1.59 bits per heavy atom. The van der Waals surface area contributed by atoms with Gasteiger partial charge in [0.25, 0.3) is 0 Å². The lowest BCUT2D eigenvalue weighted by atomic mass is 10.3. The molecule has 0 aromatic carbocycles. The highest BCUT2D eigenvalue weighted by Crippen LogP contribution is 2.34. The normalized spacial score (nSPS) is 25.4. The summed E-state index contributed by atoms with van der Waals surface area (Å²) in [4.78, 5) is 6.61. The lowest BCUT2D eigenvalue weighted by molar-refractivity contribution is -0.383. The molecule has 1 aliphatic heterocycles. The number of anilines is 1. The summed E-state index contributed by atoms with van der Waals surface area (Å²) >= 11 is 1.59. The fourth-order valence-electron chi connectivity index (χ4n) is 1.59. The number of aromatic nitrogens is 1. The molecule has 0 amide bonds. The predicted octanol–water partition coefficient (Wildman–Crippen LogP) is 2.01. The second-order valence-electron chi connectivity index (χ2n) is 4.14. The fraction of sp³-hybridized carbons (Fsp3) is 0.727. The van der Waals surface area contributed by atoms with Crippen LogP contribution in [0.25, 0.3) is 0 Å². The summed E-state index contributed by atoms with van der Waals surface area (Å²) < 4.78 is 15.9. The molecule has 0 radical (unpaired) electrons. The zero-order valence-electron chi connectivity index (χ0n) is 10.5. The van der Waals surface area contributed by atoms with Gasteiger partial charge >= 0.3 is 0 Å². The molecule has 1 aliphatic rings. The Balaban J connectivity index is 1.97. The summed E-state index contributed by atoms with van der Waals surface area (Å²) in [5.41, 5.74) is 0.847. The highest BCUT2D eigenvalue weighted by molar-refractivity contribution is 7.13. The topological polar surface area (TPSA) is 43.8 Å². The first-order chi connectivity index (χ1) is 8.11. The molecule has 0 saturated carbocycles. The van der Waals surface area contributed by atoms with Crippen molar-refractivity contribution in [1.82, 2.24) is 4.98 Å². The molecule has 5 nitrogen and oxygen atoms in total. The standard InChI is InChI=1S/C11H18N2O3S/c1-7(5-14-4)13(3)11-12-9(6-17-11)10-15-8(2)16-10/h6-8,10H,5H2,1-4H3/t7-,8?,10?/m1/s1. The second kappa shape index (κ2) is 5.30. The first kappa shape index (κ1) is 12.8. The van der Waals surface area contributed by atoms with Crippen molar-refractivity contribution in [3.8, 4) is 0 Å². The van der Waals surface area contributed by atoms with Crippen molar-refractivity contribution in [2.24, 2.45) is 0 Å². The molecular weight excluding hydrogens is 240 g/mol. The van der Waals surface area contributed by atoms with Gasteiger partial charge in [-0.05, 0) is 13.8 Å². The number of thiazole rings is 1. The van der Waals surface area contributed by atoms with E-state index >= 15 is 0 Å². The molecule has 17 heavy (non-hydrogen) atoms. The smallest absolute Gasteiger partial charge is 0.207 e. The number of hydrogen-bond donors (Lipinski definition) is 0. The number of methoxy groups -OCH3 is 1. The van der Waals surface area contributed by atoms with E-state index in [9.17, 15) is 0 Å². The molecule has 96 valence electrons. The summed E-state index contributed by atoms with van der Waals surface area (Å²) in [5, 5.41) is 2.93. The van der Waals surface area contributed by atoms with Crippen molar-refractivity contribution in [1.29, 1.82) is 0 Å². The zero-order valence-corrected chi connectivity index (χ0v) is 11.4. The Morgan fingerprint density at radius 2 is 2.29 bits per heavy atom. The highest BCUT2D eigenvalue weighted by Gasteiger charge is 2.31. The van der Waals surface area contributed by atoms with Crippen molar-refractivity contribution in [3.63, 3.8) is 0 Å². The van der Waals surface area contributed by atoms with Gasteiger partial charge in [-0.2, -0.15) is 0 Å². The molecule has 0 unspecified atom stereocenters. The van der Waals surface area contributed by atoms with Gasteiger partial charge in [0.1, 0.15) is 5.69 Å². The molecule has 0 bridgehead atoms. The quantitative estimate of drug-likeness (QED) is 0.808. The third-order valence-electron chi connectivity index (χ3n) is 2.75. The van der Waals surface area contributed by atoms with Crippen molar-refractivity contribution in [3.05, 3.63) is 11.1 Å². The predicted molar refractivity (Wildman–Crippen MR) is 66.2 cm³/mol. The van der Waals surface area contributed by atoms with Crippen LogP contribution in [0.1, 0.15) is 25.8 Å². The fourth-order valence-corrected chi connectivity index (χ4v) is 2.48. The lowest BCUT2D eigenvalue weighted by Crippen LogP contribution is -2.33. The minimum Gasteiger partial charge on any atom is -0.383 e. The van der Waals surface area contributed by atoms with E-state index in [0.717, 1.165) is 10.8 Å². The summed E-state index contributed by atoms with van der Waals surface area (Å²) in [5.74, 6) is 0. The number of ether oxygens (including phenoxy) is 3. The SMILES string of the molecule is COC[C@@H](C)N(C)c1nc(C2OC(C)O2)cs1. The van der Waals surface area contributed by atoms with E-state index in [1.54, 1.807) is 18.4 Å². The van der Waals surface area contributed by atoms with Crippen molar-refractivity contribution < 1.29 is 14.2 Å². The minimum atomic E-state index is -0.291. The molecular formula is C11H18N2O3S. The van der Waals surface area contributed by atoms with E-state index in [2.05, 4.69) is 16.8 Å². The average molecular weight is 258 g/mol. The zero-order chi connectivity index (χ0) is 12.4. The van der Waals surface area contributed by atoms with Crippen LogP contribution in [0.4, 0.5) is 5.13 Å². The maximum atomic E-state index is 5.40. The molecule has 0 spiro atoms. The Labute approximate surface area is 105 Å². The largest absolute Gasteiger partial charge is 0.383 e. The number of likely N-dealkylation sites (N-methyl/N-ethyl adjacent to an activating group) is 1. The van der Waals surface area contributed by atoms with E-state index < -0.39 is 0 Å². The van der Waals surface area contributed by atoms with E-state index in [0.29, 0.717) is 12.6 Å². The van der Waals surface area contributed by atoms with Gasteiger partial charge in [0, 0.05) is 19.5 Å². The highest BCUT2D eigenvalue weighted by atomic mass is 32.1. The Bertz CT molecular complexity index is 365. The van der Waals surface area contributed by atoms with Gasteiger partial charge in [-0.3, -0.25) is 0 Å². The van der Waals surface area contributed by atoms with Crippen LogP contribution >= 0.6 is 11.3 Å². The van der Waals surface area contributed by atoms with Gasteiger partial charge in [-0.25, -0.2) is 4.98 Å². The van der Waals surface area contributed by atoms with Crippen LogP contribution in [-0.2, 0) is 14.2 Å². The van der Waals surface area contributed by atoms with E-state index in [1.165, 1.54) is 0 Å². The molecule has 0 aliphatic carbocycles. The average Bonchev–Trinajstić information content (AvgIpc) is 2.73. The minimum absolute atomic E-state index is 0.115. The lowest BCUT2D eigenvalue weighted by Gasteiger charge is -2.32. The van der Waals surface area contributed by atoms with Gasteiger partial charge in [-0.15, -0.1) is 11.3 Å². The summed E-state index contributed by atoms with van der Waals surface area (Å²) in [6, 6.07) is 0.293. The number of nitrogens with zero attached hydrogens (tertiary/aromatic N) is 2. The molecule has 1 aromatic rings. The van der Waals surface area contributed by atoms with Crippen molar-refractivity contribution >= 4 is 16.5 Å². The first-order valence-electron chi connectivity index (χ1n) is 5.60. The van der Waals surface area contributed by atoms with Gasteiger partial charge in [0.2, 0.25) is 6.29 Å². The molecule has 2 rings (SSSR count). The first-order valence-corrected chi connectivity index (χ1v) is 6.48. The molecule has 6 heteroatoms. The van der Waals surface area contributed by atoms with Crippen molar-refractivity contribution in [2.45, 2.75) is 32.5 Å². The Kier molecular flexibility index (Phi) is 3.98. The molecule has 1 atom stereocenters. The summed E-state index contributed by atoms with van der Waals surface area (Å²) in [6.45, 7) is 4.65. The van der Waals surface area contributed by atoms with Gasteiger partial charge in [0.15, 0.2) is 11.4 Å². The molecule has 2 heterocycles. The number of hydrogen-bond acceptors (Lipinski definition) is 6. The van der Waals surface area contributed by atoms with E-state index in [4.69, 9.17) is 14.2 Å². The summed E-state index contributed by atoms with van der Waals surface area (Å²) in [7, 11) is 3.71. The van der Waals surface area contributed by atoms with Crippen LogP contribution in [0.3, 0.4) is 0 Å². The number of rotatable bonds is 5. The van der Waals surface area contributed by atoms with Crippen LogP contribution in [0.2, 0.25) is 0 Å². The van der Waals surface area contributed by atoms with E-state index in [-0.39, 0.29) is 12.6 Å². The summed E-state index contributed by atoms with van der Waals surface area (Å²) in [6.07, 6.45) is -0.406. The third-order valence-corrected chi connectivity index (χ3v) is 3.70. The van der Waals surface area contributed by atoms with Gasteiger partial charge < -0.3 is 19.1 Å². The van der Waals surface area contributed by atoms with Gasteiger partial charge in [0.05, 0.1) is 12.6 Å². The van der Waals surface area contributed by atoms with Crippen LogP contribution < -0.4 is 4.90 Å². The second-order valence-corrected chi connectivity index (χ2v) is 4.98. The third kappa shape index (κ3) is 2.77.